The van der Waals surface area contributed by atoms with Gasteiger partial charge in [0.2, 0.25) is 5.91 Å². The van der Waals surface area contributed by atoms with Gasteiger partial charge in [0.15, 0.2) is 0 Å². The third-order valence-corrected chi connectivity index (χ3v) is 4.81. The number of fused-ring (bicyclic) bond motifs is 1. The fourth-order valence-corrected chi connectivity index (χ4v) is 3.31. The molecule has 1 N–H and O–H groups in total. The van der Waals surface area contributed by atoms with Crippen molar-refractivity contribution in [3.8, 4) is 11.4 Å². The van der Waals surface area contributed by atoms with Crippen molar-refractivity contribution in [1.29, 1.82) is 0 Å². The highest BCUT2D eigenvalue weighted by molar-refractivity contribution is 6.33. The Bertz CT molecular complexity index is 1340. The first-order valence-electron chi connectivity index (χ1n) is 8.93. The molecule has 0 spiro atoms. The summed E-state index contributed by atoms with van der Waals surface area (Å²) in [6.45, 7) is -0.436. The van der Waals surface area contributed by atoms with Crippen LogP contribution in [0.2, 0.25) is 5.02 Å². The van der Waals surface area contributed by atoms with E-state index in [9.17, 15) is 18.4 Å². The third kappa shape index (κ3) is 3.79. The van der Waals surface area contributed by atoms with Crippen LogP contribution in [0.1, 0.15) is 0 Å². The normalized spacial score (nSPS) is 10.9. The largest absolute Gasteiger partial charge is 0.322 e. The average Bonchev–Trinajstić information content (AvgIpc) is 2.73. The van der Waals surface area contributed by atoms with Crippen molar-refractivity contribution < 1.29 is 13.6 Å². The monoisotopic (exact) mass is 425 g/mol. The summed E-state index contributed by atoms with van der Waals surface area (Å²) in [5.41, 5.74) is 0.300. The fourth-order valence-electron chi connectivity index (χ4n) is 3.09. The second kappa shape index (κ2) is 8.04. The number of carbonyl (C=O) groups excluding carboxylic acids is 1. The number of anilines is 1. The summed E-state index contributed by atoms with van der Waals surface area (Å²) in [5.74, 6) is -2.15. The number of hydrogen-bond donors (Lipinski definition) is 1. The molecule has 0 radical (unpaired) electrons. The van der Waals surface area contributed by atoms with Gasteiger partial charge in [-0.05, 0) is 36.4 Å². The SMILES string of the molecule is O=C(Cn1c(-c2ccccc2Cl)nc2ccccc2c1=O)Nc1ccc(F)cc1F. The van der Waals surface area contributed by atoms with Gasteiger partial charge < -0.3 is 5.32 Å². The van der Waals surface area contributed by atoms with Gasteiger partial charge in [-0.3, -0.25) is 14.2 Å². The van der Waals surface area contributed by atoms with E-state index in [2.05, 4.69) is 10.3 Å². The van der Waals surface area contributed by atoms with Crippen molar-refractivity contribution in [2.45, 2.75) is 6.54 Å². The maximum Gasteiger partial charge on any atom is 0.262 e. The minimum atomic E-state index is -0.918. The van der Waals surface area contributed by atoms with E-state index in [4.69, 9.17) is 11.6 Å². The molecule has 0 aliphatic carbocycles. The van der Waals surface area contributed by atoms with Gasteiger partial charge in [-0.2, -0.15) is 0 Å². The van der Waals surface area contributed by atoms with Gasteiger partial charge in [-0.15, -0.1) is 0 Å². The number of aromatic nitrogens is 2. The molecule has 5 nitrogen and oxygen atoms in total. The Balaban J connectivity index is 1.80. The Labute approximate surface area is 174 Å². The smallest absolute Gasteiger partial charge is 0.262 e. The maximum absolute atomic E-state index is 13.9. The van der Waals surface area contributed by atoms with Crippen LogP contribution in [0.5, 0.6) is 0 Å². The summed E-state index contributed by atoms with van der Waals surface area (Å²) in [7, 11) is 0. The molecule has 0 aliphatic rings. The highest BCUT2D eigenvalue weighted by Crippen LogP contribution is 2.26. The molecule has 1 aromatic heterocycles. The molecule has 0 unspecified atom stereocenters. The van der Waals surface area contributed by atoms with Crippen molar-refractivity contribution in [2.24, 2.45) is 0 Å². The lowest BCUT2D eigenvalue weighted by Crippen LogP contribution is -2.30. The molecule has 1 amide bonds. The minimum Gasteiger partial charge on any atom is -0.322 e. The number of para-hydroxylation sites is 1. The second-order valence-electron chi connectivity index (χ2n) is 6.50. The summed E-state index contributed by atoms with van der Waals surface area (Å²) < 4.78 is 28.2. The number of nitrogens with one attached hydrogen (secondary N) is 1. The highest BCUT2D eigenvalue weighted by atomic mass is 35.5. The summed E-state index contributed by atoms with van der Waals surface area (Å²) in [6.07, 6.45) is 0. The third-order valence-electron chi connectivity index (χ3n) is 4.48. The Morgan fingerprint density at radius 3 is 2.53 bits per heavy atom. The van der Waals surface area contributed by atoms with Crippen molar-refractivity contribution in [3.63, 3.8) is 0 Å². The van der Waals surface area contributed by atoms with Crippen LogP contribution in [-0.2, 0) is 11.3 Å². The molecule has 0 fully saturated rings. The van der Waals surface area contributed by atoms with Crippen molar-refractivity contribution in [3.05, 3.63) is 93.7 Å². The first-order chi connectivity index (χ1) is 14.4. The molecule has 4 aromatic rings. The Morgan fingerprint density at radius 1 is 1.03 bits per heavy atom. The summed E-state index contributed by atoms with van der Waals surface area (Å²) in [5, 5.41) is 3.04. The van der Waals surface area contributed by atoms with Gasteiger partial charge in [0.25, 0.3) is 5.56 Å². The molecule has 150 valence electrons. The first kappa shape index (κ1) is 19.7. The zero-order chi connectivity index (χ0) is 21.3. The zero-order valence-electron chi connectivity index (χ0n) is 15.4. The fraction of sp³-hybridized carbons (Fsp3) is 0.0455. The highest BCUT2D eigenvalue weighted by Gasteiger charge is 2.18. The molecule has 0 bridgehead atoms. The van der Waals surface area contributed by atoms with Crippen molar-refractivity contribution in [2.75, 3.05) is 5.32 Å². The van der Waals surface area contributed by atoms with Gasteiger partial charge >= 0.3 is 0 Å². The summed E-state index contributed by atoms with van der Waals surface area (Å²) >= 11 is 6.30. The number of hydrogen-bond acceptors (Lipinski definition) is 3. The van der Waals surface area contributed by atoms with Crippen LogP contribution in [0.15, 0.2) is 71.5 Å². The number of benzene rings is 3. The molecular weight excluding hydrogens is 412 g/mol. The van der Waals surface area contributed by atoms with E-state index in [0.29, 0.717) is 27.6 Å². The van der Waals surface area contributed by atoms with E-state index in [-0.39, 0.29) is 11.5 Å². The molecule has 0 saturated heterocycles. The molecule has 4 rings (SSSR count). The first-order valence-corrected chi connectivity index (χ1v) is 9.31. The number of rotatable bonds is 4. The molecule has 1 heterocycles. The molecule has 0 saturated carbocycles. The van der Waals surface area contributed by atoms with Crippen LogP contribution in [0, 0.1) is 11.6 Å². The molecule has 0 aliphatic heterocycles. The predicted molar refractivity (Wildman–Crippen MR) is 111 cm³/mol. The van der Waals surface area contributed by atoms with Crippen LogP contribution in [0.25, 0.3) is 22.3 Å². The zero-order valence-corrected chi connectivity index (χ0v) is 16.2. The Kier molecular flexibility index (Phi) is 5.29. The van der Waals surface area contributed by atoms with Crippen LogP contribution < -0.4 is 10.9 Å². The number of nitrogens with zero attached hydrogens (tertiary/aromatic N) is 2. The predicted octanol–water partition coefficient (Wildman–Crippen LogP) is 4.63. The van der Waals surface area contributed by atoms with E-state index in [1.54, 1.807) is 48.5 Å². The number of halogens is 3. The van der Waals surface area contributed by atoms with E-state index in [1.807, 2.05) is 0 Å². The lowest BCUT2D eigenvalue weighted by Gasteiger charge is -2.15. The minimum absolute atomic E-state index is 0.192. The van der Waals surface area contributed by atoms with Crippen molar-refractivity contribution in [1.82, 2.24) is 9.55 Å². The van der Waals surface area contributed by atoms with E-state index < -0.39 is 29.6 Å². The topological polar surface area (TPSA) is 64.0 Å². The Morgan fingerprint density at radius 2 is 1.77 bits per heavy atom. The summed E-state index contributed by atoms with van der Waals surface area (Å²) in [6, 6.07) is 16.3. The average molecular weight is 426 g/mol. The van der Waals surface area contributed by atoms with Crippen LogP contribution in [0.3, 0.4) is 0 Å². The van der Waals surface area contributed by atoms with Crippen molar-refractivity contribution >= 4 is 34.1 Å². The lowest BCUT2D eigenvalue weighted by atomic mass is 10.1. The standard InChI is InChI=1S/C22H14ClF2N3O2/c23-16-7-3-1-5-14(16)21-27-18-8-4-2-6-15(18)22(30)28(21)12-20(29)26-19-10-9-13(24)11-17(19)25/h1-11H,12H2,(H,26,29). The Hall–Kier alpha value is -3.58. The van der Waals surface area contributed by atoms with Gasteiger partial charge in [0, 0.05) is 11.6 Å². The molecule has 0 atom stereocenters. The van der Waals surface area contributed by atoms with E-state index >= 15 is 0 Å². The molecule has 30 heavy (non-hydrogen) atoms. The second-order valence-corrected chi connectivity index (χ2v) is 6.90. The van der Waals surface area contributed by atoms with Gasteiger partial charge in [0.05, 0.1) is 21.6 Å². The quantitative estimate of drug-likeness (QED) is 0.518. The van der Waals surface area contributed by atoms with Crippen LogP contribution in [-0.4, -0.2) is 15.5 Å². The number of amides is 1. The van der Waals surface area contributed by atoms with Gasteiger partial charge in [-0.25, -0.2) is 13.8 Å². The van der Waals surface area contributed by atoms with Crippen LogP contribution in [0.4, 0.5) is 14.5 Å². The maximum atomic E-state index is 13.9. The molecule has 8 heteroatoms. The van der Waals surface area contributed by atoms with E-state index in [0.717, 1.165) is 12.1 Å². The molecule has 3 aromatic carbocycles. The molecular formula is C22H14ClF2N3O2. The van der Waals surface area contributed by atoms with Gasteiger partial charge in [0.1, 0.15) is 24.0 Å². The summed E-state index contributed by atoms with van der Waals surface area (Å²) in [4.78, 5) is 30.2. The van der Waals surface area contributed by atoms with E-state index in [1.165, 1.54) is 4.57 Å². The van der Waals surface area contributed by atoms with Gasteiger partial charge in [-0.1, -0.05) is 35.9 Å². The van der Waals surface area contributed by atoms with Crippen LogP contribution >= 0.6 is 11.6 Å². The number of carbonyl (C=O) groups is 1. The lowest BCUT2D eigenvalue weighted by molar-refractivity contribution is -0.116.